The number of hydrogen-bond acceptors (Lipinski definition) is 6. The Morgan fingerprint density at radius 1 is 1.11 bits per heavy atom. The highest BCUT2D eigenvalue weighted by atomic mass is 16.3. The second kappa shape index (κ2) is 11.8. The molecule has 1 fully saturated rings. The lowest BCUT2D eigenvalue weighted by Gasteiger charge is -2.28. The summed E-state index contributed by atoms with van der Waals surface area (Å²) in [6.07, 6.45) is 1.46. The summed E-state index contributed by atoms with van der Waals surface area (Å²) in [5.74, 6) is 0.0171. The molecule has 1 unspecified atom stereocenters. The van der Waals surface area contributed by atoms with Crippen molar-refractivity contribution in [3.63, 3.8) is 0 Å². The van der Waals surface area contributed by atoms with Crippen LogP contribution in [0, 0.1) is 12.8 Å². The molecule has 2 aromatic carbocycles. The second-order valence-electron chi connectivity index (χ2n) is 10.1. The molecule has 3 amide bonds. The fourth-order valence-corrected chi connectivity index (χ4v) is 4.66. The highest BCUT2D eigenvalue weighted by Gasteiger charge is 2.29. The predicted octanol–water partition coefficient (Wildman–Crippen LogP) is 3.50. The molecule has 4 rings (SSSR count). The maximum atomic E-state index is 13.3. The first kappa shape index (κ1) is 27.3. The average molecular weight is 520 g/mol. The van der Waals surface area contributed by atoms with Crippen molar-refractivity contribution in [3.05, 3.63) is 53.1 Å². The number of fused-ring (bicyclic) bond motifs is 1. The van der Waals surface area contributed by atoms with Gasteiger partial charge in [-0.15, -0.1) is 0 Å². The number of benzene rings is 2. The summed E-state index contributed by atoms with van der Waals surface area (Å²) in [6.45, 7) is 7.32. The Bertz CT molecular complexity index is 1250. The van der Waals surface area contributed by atoms with Crippen molar-refractivity contribution in [2.24, 2.45) is 16.6 Å². The van der Waals surface area contributed by atoms with Gasteiger partial charge in [-0.05, 0) is 73.6 Å². The molecule has 2 aliphatic rings. The van der Waals surface area contributed by atoms with Gasteiger partial charge in [-0.3, -0.25) is 19.4 Å². The molecule has 1 aliphatic carbocycles. The van der Waals surface area contributed by atoms with Gasteiger partial charge in [0, 0.05) is 42.1 Å². The molecular formula is C29H37N5O4. The number of aliphatic hydroxyl groups excluding tert-OH is 1. The van der Waals surface area contributed by atoms with E-state index in [0.29, 0.717) is 55.6 Å². The van der Waals surface area contributed by atoms with Crippen LogP contribution in [0.1, 0.15) is 62.6 Å². The van der Waals surface area contributed by atoms with E-state index in [0.717, 1.165) is 35.2 Å². The topological polar surface area (TPSA) is 128 Å². The van der Waals surface area contributed by atoms with Gasteiger partial charge in [-0.25, -0.2) is 0 Å². The Morgan fingerprint density at radius 3 is 2.55 bits per heavy atom. The van der Waals surface area contributed by atoms with Gasteiger partial charge >= 0.3 is 0 Å². The zero-order valence-corrected chi connectivity index (χ0v) is 22.4. The van der Waals surface area contributed by atoms with Crippen LogP contribution in [-0.4, -0.2) is 47.9 Å². The number of amidine groups is 1. The molecule has 1 heterocycles. The molecule has 1 atom stereocenters. The number of carbonyl (C=O) groups excluding carboxylic acids is 3. The molecule has 0 spiro atoms. The first-order valence-electron chi connectivity index (χ1n) is 13.3. The van der Waals surface area contributed by atoms with Crippen LogP contribution < -0.4 is 20.9 Å². The third-order valence-corrected chi connectivity index (χ3v) is 7.02. The lowest BCUT2D eigenvalue weighted by molar-refractivity contribution is -0.129. The third-order valence-electron chi connectivity index (χ3n) is 7.02. The number of hydrogen-bond donors (Lipinski definition) is 3. The van der Waals surface area contributed by atoms with Gasteiger partial charge in [0.25, 0.3) is 5.91 Å². The normalized spacial score (nSPS) is 14.9. The first-order chi connectivity index (χ1) is 18.2. The predicted molar refractivity (Wildman–Crippen MR) is 149 cm³/mol. The number of anilines is 3. The van der Waals surface area contributed by atoms with Gasteiger partial charge in [-0.1, -0.05) is 19.9 Å². The van der Waals surface area contributed by atoms with Gasteiger partial charge in [-0.2, -0.15) is 0 Å². The van der Waals surface area contributed by atoms with E-state index in [9.17, 15) is 19.5 Å². The van der Waals surface area contributed by atoms with Crippen molar-refractivity contribution in [2.75, 3.05) is 28.2 Å². The summed E-state index contributed by atoms with van der Waals surface area (Å²) in [4.78, 5) is 46.4. The molecular weight excluding hydrogens is 482 g/mol. The Kier molecular flexibility index (Phi) is 8.46. The number of carbonyl (C=O) groups is 3. The Hall–Kier alpha value is -3.72. The van der Waals surface area contributed by atoms with Gasteiger partial charge in [0.2, 0.25) is 11.8 Å². The number of amides is 3. The highest BCUT2D eigenvalue weighted by Crippen LogP contribution is 2.34. The SMILES string of the molecule is CCCN(C(=O)CC(O)C(=O)Nc1ccc2c(c1)CN=C2N)c1ccc(C)c(N(CC2CC2)C(=O)CC)c1. The lowest BCUT2D eigenvalue weighted by Crippen LogP contribution is -2.38. The monoisotopic (exact) mass is 519 g/mol. The first-order valence-corrected chi connectivity index (χ1v) is 13.3. The number of aliphatic hydroxyl groups is 1. The highest BCUT2D eigenvalue weighted by molar-refractivity contribution is 6.03. The molecule has 202 valence electrons. The van der Waals surface area contributed by atoms with Crippen LogP contribution in [0.5, 0.6) is 0 Å². The molecule has 0 saturated heterocycles. The van der Waals surface area contributed by atoms with Crippen LogP contribution in [0.25, 0.3) is 0 Å². The summed E-state index contributed by atoms with van der Waals surface area (Å²) in [7, 11) is 0. The number of nitrogens with two attached hydrogens (primary N) is 1. The third kappa shape index (κ3) is 6.22. The van der Waals surface area contributed by atoms with Crippen LogP contribution in [0.15, 0.2) is 41.4 Å². The van der Waals surface area contributed by atoms with Crippen molar-refractivity contribution in [1.29, 1.82) is 0 Å². The maximum Gasteiger partial charge on any atom is 0.253 e. The fourth-order valence-electron chi connectivity index (χ4n) is 4.66. The van der Waals surface area contributed by atoms with E-state index in [1.165, 1.54) is 0 Å². The Morgan fingerprint density at radius 2 is 1.87 bits per heavy atom. The minimum atomic E-state index is -1.52. The molecule has 9 heteroatoms. The van der Waals surface area contributed by atoms with E-state index in [4.69, 9.17) is 5.73 Å². The molecule has 9 nitrogen and oxygen atoms in total. The van der Waals surface area contributed by atoms with Gasteiger partial charge in [0.15, 0.2) is 0 Å². The van der Waals surface area contributed by atoms with Crippen LogP contribution >= 0.6 is 0 Å². The molecule has 38 heavy (non-hydrogen) atoms. The number of nitrogens with one attached hydrogen (secondary N) is 1. The molecule has 0 bridgehead atoms. The minimum Gasteiger partial charge on any atom is -0.383 e. The van der Waals surface area contributed by atoms with Crippen LogP contribution in [0.3, 0.4) is 0 Å². The smallest absolute Gasteiger partial charge is 0.253 e. The van der Waals surface area contributed by atoms with E-state index >= 15 is 0 Å². The fraction of sp³-hybridized carbons (Fsp3) is 0.448. The van der Waals surface area contributed by atoms with Crippen molar-refractivity contribution in [2.45, 2.75) is 65.5 Å². The molecule has 0 aromatic heterocycles. The molecule has 0 radical (unpaired) electrons. The quantitative estimate of drug-likeness (QED) is 0.419. The van der Waals surface area contributed by atoms with E-state index in [1.54, 1.807) is 23.1 Å². The second-order valence-corrected chi connectivity index (χ2v) is 10.1. The summed E-state index contributed by atoms with van der Waals surface area (Å²) in [5, 5.41) is 13.3. The van der Waals surface area contributed by atoms with Gasteiger partial charge < -0.3 is 26.0 Å². The number of rotatable bonds is 11. The van der Waals surface area contributed by atoms with E-state index < -0.39 is 12.0 Å². The number of nitrogens with zero attached hydrogens (tertiary/aromatic N) is 3. The van der Waals surface area contributed by atoms with Gasteiger partial charge in [0.1, 0.15) is 11.9 Å². The summed E-state index contributed by atoms with van der Waals surface area (Å²) < 4.78 is 0. The summed E-state index contributed by atoms with van der Waals surface area (Å²) >= 11 is 0. The van der Waals surface area contributed by atoms with Crippen molar-refractivity contribution in [1.82, 2.24) is 0 Å². The average Bonchev–Trinajstić information content (AvgIpc) is 3.66. The molecule has 4 N–H and O–H groups in total. The maximum absolute atomic E-state index is 13.3. The standard InChI is InChI=1S/C29H37N5O4/c1-4-12-33(22-10-6-18(3)24(14-22)34(26(36)5-2)17-19-7-8-19)27(37)15-25(35)29(38)32-21-9-11-23-20(13-21)16-31-28(23)30/h6,9-11,13-14,19,25,35H,4-5,7-8,12,15-17H2,1-3H3,(H2,30,31)(H,32,38). The van der Waals surface area contributed by atoms with Crippen LogP contribution in [0.4, 0.5) is 17.1 Å². The van der Waals surface area contributed by atoms with Crippen molar-refractivity contribution < 1.29 is 19.5 Å². The Labute approximate surface area is 223 Å². The zero-order valence-electron chi connectivity index (χ0n) is 22.4. The minimum absolute atomic E-state index is 0.0541. The molecule has 1 aliphatic heterocycles. The van der Waals surface area contributed by atoms with E-state index in [1.807, 2.05) is 43.9 Å². The lowest BCUT2D eigenvalue weighted by atomic mass is 10.1. The van der Waals surface area contributed by atoms with Crippen molar-refractivity contribution in [3.8, 4) is 0 Å². The summed E-state index contributed by atoms with van der Waals surface area (Å²) in [5.41, 5.74) is 10.5. The molecule has 1 saturated carbocycles. The Balaban J connectivity index is 1.47. The number of aliphatic imine (C=N–C) groups is 1. The van der Waals surface area contributed by atoms with E-state index in [2.05, 4.69) is 10.3 Å². The number of aryl methyl sites for hydroxylation is 1. The zero-order chi connectivity index (χ0) is 27.4. The van der Waals surface area contributed by atoms with E-state index in [-0.39, 0.29) is 18.2 Å². The van der Waals surface area contributed by atoms with Crippen LogP contribution in [-0.2, 0) is 20.9 Å². The van der Waals surface area contributed by atoms with Gasteiger partial charge in [0.05, 0.1) is 13.0 Å². The van der Waals surface area contributed by atoms with Crippen LogP contribution in [0.2, 0.25) is 0 Å². The largest absolute Gasteiger partial charge is 0.383 e. The summed E-state index contributed by atoms with van der Waals surface area (Å²) in [6, 6.07) is 10.9. The van der Waals surface area contributed by atoms with Crippen molar-refractivity contribution >= 4 is 40.6 Å². The molecule has 2 aromatic rings.